The number of hydrogen-bond donors (Lipinski definition) is 1. The van der Waals surface area contributed by atoms with Crippen molar-refractivity contribution >= 4 is 11.3 Å². The van der Waals surface area contributed by atoms with Gasteiger partial charge in [-0.25, -0.2) is 0 Å². The molecule has 1 fully saturated rings. The fraction of sp³-hybridized carbons (Fsp3) is 0.765. The Morgan fingerprint density at radius 1 is 1.32 bits per heavy atom. The molecule has 3 atom stereocenters. The van der Waals surface area contributed by atoms with Gasteiger partial charge in [0.15, 0.2) is 0 Å². The summed E-state index contributed by atoms with van der Waals surface area (Å²) in [5.41, 5.74) is 0.298. The summed E-state index contributed by atoms with van der Waals surface area (Å²) < 4.78 is 0. The molecule has 2 rings (SSSR count). The van der Waals surface area contributed by atoms with E-state index in [2.05, 4.69) is 52.1 Å². The van der Waals surface area contributed by atoms with Crippen molar-refractivity contribution in [3.8, 4) is 0 Å². The molecule has 0 radical (unpaired) electrons. The molecule has 1 aromatic heterocycles. The third kappa shape index (κ3) is 3.22. The first-order valence-corrected chi connectivity index (χ1v) is 8.57. The normalized spacial score (nSPS) is 28.6. The van der Waals surface area contributed by atoms with E-state index < -0.39 is 0 Å². The first-order valence-electron chi connectivity index (χ1n) is 7.75. The molecule has 1 N–H and O–H groups in total. The van der Waals surface area contributed by atoms with Crippen LogP contribution in [0.3, 0.4) is 0 Å². The van der Waals surface area contributed by atoms with Crippen LogP contribution >= 0.6 is 11.3 Å². The molecule has 2 heteroatoms. The Kier molecular flexibility index (Phi) is 4.73. The van der Waals surface area contributed by atoms with E-state index in [9.17, 15) is 0 Å². The zero-order valence-corrected chi connectivity index (χ0v) is 13.9. The van der Waals surface area contributed by atoms with Crippen molar-refractivity contribution in [3.05, 3.63) is 21.9 Å². The minimum Gasteiger partial charge on any atom is -0.314 e. The standard InChI is InChI=1S/C17H29NS/c1-6-18-15-11-12(2)7-9-14(15)17(4,5)16-10-8-13(3)19-16/h8,10,12,14-15,18H,6-7,9,11H2,1-5H3. The van der Waals surface area contributed by atoms with Gasteiger partial charge in [-0.05, 0) is 50.3 Å². The molecular weight excluding hydrogens is 250 g/mol. The third-order valence-electron chi connectivity index (χ3n) is 4.88. The Bertz CT molecular complexity index is 407. The van der Waals surface area contributed by atoms with E-state index in [1.54, 1.807) is 4.88 Å². The molecule has 3 unspecified atom stereocenters. The molecule has 1 aromatic rings. The Labute approximate surface area is 122 Å². The SMILES string of the molecule is CCNC1CC(C)CCC1C(C)(C)c1ccc(C)s1. The Morgan fingerprint density at radius 2 is 2.05 bits per heavy atom. The number of thiophene rings is 1. The number of rotatable bonds is 4. The summed E-state index contributed by atoms with van der Waals surface area (Å²) >= 11 is 1.98. The summed E-state index contributed by atoms with van der Waals surface area (Å²) in [5, 5.41) is 3.75. The maximum atomic E-state index is 3.75. The van der Waals surface area contributed by atoms with E-state index in [1.807, 2.05) is 11.3 Å². The summed E-state index contributed by atoms with van der Waals surface area (Å²) in [5.74, 6) is 1.64. The second-order valence-electron chi connectivity index (χ2n) is 6.82. The second-order valence-corrected chi connectivity index (χ2v) is 8.11. The van der Waals surface area contributed by atoms with E-state index in [-0.39, 0.29) is 0 Å². The van der Waals surface area contributed by atoms with Gasteiger partial charge < -0.3 is 5.32 Å². The van der Waals surface area contributed by atoms with Crippen LogP contribution in [0.4, 0.5) is 0 Å². The average molecular weight is 279 g/mol. The quantitative estimate of drug-likeness (QED) is 0.839. The van der Waals surface area contributed by atoms with Crippen molar-refractivity contribution in [2.24, 2.45) is 11.8 Å². The van der Waals surface area contributed by atoms with Gasteiger partial charge in [-0.15, -0.1) is 11.3 Å². The molecule has 0 aliphatic heterocycles. The maximum Gasteiger partial charge on any atom is 0.0108 e. The molecule has 108 valence electrons. The highest BCUT2D eigenvalue weighted by molar-refractivity contribution is 7.12. The Morgan fingerprint density at radius 3 is 2.63 bits per heavy atom. The minimum absolute atomic E-state index is 0.298. The molecule has 1 heterocycles. The van der Waals surface area contributed by atoms with Crippen molar-refractivity contribution in [3.63, 3.8) is 0 Å². The third-order valence-corrected chi connectivity index (χ3v) is 6.22. The molecule has 1 saturated carbocycles. The summed E-state index contributed by atoms with van der Waals surface area (Å²) in [6, 6.07) is 5.31. The topological polar surface area (TPSA) is 12.0 Å². The predicted octanol–water partition coefficient (Wildman–Crippen LogP) is 4.75. The van der Waals surface area contributed by atoms with Crippen LogP contribution in [0.5, 0.6) is 0 Å². The van der Waals surface area contributed by atoms with E-state index in [1.165, 1.54) is 24.1 Å². The smallest absolute Gasteiger partial charge is 0.0108 e. The lowest BCUT2D eigenvalue weighted by atomic mass is 9.65. The fourth-order valence-corrected chi connectivity index (χ4v) is 4.73. The maximum absolute atomic E-state index is 3.75. The summed E-state index contributed by atoms with van der Waals surface area (Å²) in [4.78, 5) is 3.00. The van der Waals surface area contributed by atoms with Gasteiger partial charge in [0.25, 0.3) is 0 Å². The lowest BCUT2D eigenvalue weighted by molar-refractivity contribution is 0.149. The van der Waals surface area contributed by atoms with Crippen LogP contribution in [-0.4, -0.2) is 12.6 Å². The van der Waals surface area contributed by atoms with E-state index in [4.69, 9.17) is 0 Å². The summed E-state index contributed by atoms with van der Waals surface area (Å²) in [7, 11) is 0. The van der Waals surface area contributed by atoms with Gasteiger partial charge in [0.1, 0.15) is 0 Å². The van der Waals surface area contributed by atoms with Crippen LogP contribution in [0, 0.1) is 18.8 Å². The van der Waals surface area contributed by atoms with Gasteiger partial charge in [-0.2, -0.15) is 0 Å². The van der Waals surface area contributed by atoms with Crippen LogP contribution in [0.2, 0.25) is 0 Å². The monoisotopic (exact) mass is 279 g/mol. The van der Waals surface area contributed by atoms with E-state index in [0.29, 0.717) is 11.5 Å². The zero-order valence-electron chi connectivity index (χ0n) is 13.1. The molecule has 1 aliphatic rings. The van der Waals surface area contributed by atoms with Gasteiger partial charge in [0, 0.05) is 21.2 Å². The van der Waals surface area contributed by atoms with Crippen LogP contribution in [0.25, 0.3) is 0 Å². The van der Waals surface area contributed by atoms with Gasteiger partial charge >= 0.3 is 0 Å². The van der Waals surface area contributed by atoms with Gasteiger partial charge in [0.05, 0.1) is 0 Å². The summed E-state index contributed by atoms with van der Waals surface area (Å²) in [6.45, 7) is 12.8. The molecule has 0 saturated heterocycles. The molecule has 1 aliphatic carbocycles. The summed E-state index contributed by atoms with van der Waals surface area (Å²) in [6.07, 6.45) is 4.09. The molecular formula is C17H29NS. The number of nitrogens with one attached hydrogen (secondary N) is 1. The van der Waals surface area contributed by atoms with Crippen molar-refractivity contribution < 1.29 is 0 Å². The highest BCUT2D eigenvalue weighted by Gasteiger charge is 2.40. The van der Waals surface area contributed by atoms with E-state index >= 15 is 0 Å². The van der Waals surface area contributed by atoms with Crippen LogP contribution in [0.15, 0.2) is 12.1 Å². The predicted molar refractivity (Wildman–Crippen MR) is 86.1 cm³/mol. The molecule has 0 spiro atoms. The lowest BCUT2D eigenvalue weighted by Gasteiger charge is -2.44. The molecule has 0 bridgehead atoms. The first kappa shape index (κ1) is 15.1. The van der Waals surface area contributed by atoms with Crippen molar-refractivity contribution in [1.82, 2.24) is 5.32 Å². The minimum atomic E-state index is 0.298. The average Bonchev–Trinajstić information content (AvgIpc) is 2.77. The van der Waals surface area contributed by atoms with Gasteiger partial charge in [-0.1, -0.05) is 34.1 Å². The van der Waals surface area contributed by atoms with Crippen molar-refractivity contribution in [2.75, 3.05) is 6.54 Å². The molecule has 0 aromatic carbocycles. The van der Waals surface area contributed by atoms with Crippen molar-refractivity contribution in [1.29, 1.82) is 0 Å². The molecule has 0 amide bonds. The molecule has 1 nitrogen and oxygen atoms in total. The van der Waals surface area contributed by atoms with Crippen LogP contribution in [0.1, 0.15) is 56.7 Å². The first-order chi connectivity index (χ1) is 8.95. The van der Waals surface area contributed by atoms with Crippen LogP contribution in [-0.2, 0) is 5.41 Å². The van der Waals surface area contributed by atoms with Crippen molar-refractivity contribution in [2.45, 2.75) is 65.3 Å². The Hall–Kier alpha value is -0.340. The van der Waals surface area contributed by atoms with Gasteiger partial charge in [0.2, 0.25) is 0 Å². The second kappa shape index (κ2) is 5.97. The zero-order chi connectivity index (χ0) is 14.0. The van der Waals surface area contributed by atoms with Crippen LogP contribution < -0.4 is 5.32 Å². The number of hydrogen-bond acceptors (Lipinski definition) is 2. The van der Waals surface area contributed by atoms with E-state index in [0.717, 1.165) is 18.4 Å². The Balaban J connectivity index is 2.21. The highest BCUT2D eigenvalue weighted by Crippen LogP contribution is 2.44. The molecule has 19 heavy (non-hydrogen) atoms. The lowest BCUT2D eigenvalue weighted by Crippen LogP contribution is -2.48. The largest absolute Gasteiger partial charge is 0.314 e. The van der Waals surface area contributed by atoms with Gasteiger partial charge in [-0.3, -0.25) is 0 Å². The highest BCUT2D eigenvalue weighted by atomic mass is 32.1. The fourth-order valence-electron chi connectivity index (χ4n) is 3.70. The number of aryl methyl sites for hydroxylation is 1.